The first-order chi connectivity index (χ1) is 9.56. The highest BCUT2D eigenvalue weighted by atomic mass is 79.9. The molecule has 0 saturated carbocycles. The summed E-state index contributed by atoms with van der Waals surface area (Å²) in [6.07, 6.45) is 0. The van der Waals surface area contributed by atoms with E-state index in [-0.39, 0.29) is 11.8 Å². The molecular formula is C13H13BrN2O2S2. The van der Waals surface area contributed by atoms with E-state index in [9.17, 15) is 9.59 Å². The molecule has 1 unspecified atom stereocenters. The first-order valence-corrected chi connectivity index (χ1v) is 8.41. The molecule has 2 aromatic heterocycles. The normalized spacial score (nSPS) is 11.9. The van der Waals surface area contributed by atoms with Gasteiger partial charge in [-0.15, -0.1) is 22.7 Å². The van der Waals surface area contributed by atoms with Crippen LogP contribution in [0.1, 0.15) is 21.5 Å². The molecule has 2 heterocycles. The molecule has 0 bridgehead atoms. The number of halogens is 1. The van der Waals surface area contributed by atoms with Crippen molar-refractivity contribution in [3.63, 3.8) is 0 Å². The monoisotopic (exact) mass is 372 g/mol. The van der Waals surface area contributed by atoms with E-state index in [0.717, 1.165) is 8.66 Å². The predicted octanol–water partition coefficient (Wildman–Crippen LogP) is 3.01. The molecule has 7 heteroatoms. The molecule has 0 aromatic carbocycles. The zero-order valence-corrected chi connectivity index (χ0v) is 13.9. The van der Waals surface area contributed by atoms with Crippen molar-refractivity contribution >= 4 is 50.4 Å². The highest BCUT2D eigenvalue weighted by molar-refractivity contribution is 9.11. The number of carbonyl (C=O) groups excluding carboxylic acids is 2. The molecule has 106 valence electrons. The van der Waals surface area contributed by atoms with Crippen molar-refractivity contribution in [3.8, 4) is 0 Å². The van der Waals surface area contributed by atoms with Crippen LogP contribution in [0.3, 0.4) is 0 Å². The second kappa shape index (κ2) is 7.01. The van der Waals surface area contributed by atoms with Crippen LogP contribution in [0.25, 0.3) is 0 Å². The van der Waals surface area contributed by atoms with Gasteiger partial charge in [-0.25, -0.2) is 0 Å². The molecule has 0 aliphatic heterocycles. The number of nitrogens with one attached hydrogen (secondary N) is 2. The topological polar surface area (TPSA) is 58.2 Å². The Labute approximate surface area is 133 Å². The Morgan fingerprint density at radius 1 is 1.35 bits per heavy atom. The number of carbonyl (C=O) groups is 2. The van der Waals surface area contributed by atoms with E-state index in [1.807, 2.05) is 17.5 Å². The third-order valence-electron chi connectivity index (χ3n) is 2.55. The zero-order chi connectivity index (χ0) is 14.5. The lowest BCUT2D eigenvalue weighted by atomic mass is 10.3. The molecular weight excluding hydrogens is 360 g/mol. The van der Waals surface area contributed by atoms with E-state index < -0.39 is 6.04 Å². The first-order valence-electron chi connectivity index (χ1n) is 5.92. The molecule has 20 heavy (non-hydrogen) atoms. The smallest absolute Gasteiger partial charge is 0.261 e. The van der Waals surface area contributed by atoms with Crippen molar-refractivity contribution in [1.82, 2.24) is 10.6 Å². The number of rotatable bonds is 5. The lowest BCUT2D eigenvalue weighted by Crippen LogP contribution is -2.44. The van der Waals surface area contributed by atoms with E-state index in [1.54, 1.807) is 30.4 Å². The van der Waals surface area contributed by atoms with E-state index >= 15 is 0 Å². The molecule has 1 atom stereocenters. The van der Waals surface area contributed by atoms with Gasteiger partial charge in [-0.2, -0.15) is 0 Å². The lowest BCUT2D eigenvalue weighted by molar-refractivity contribution is -0.122. The summed E-state index contributed by atoms with van der Waals surface area (Å²) in [5, 5.41) is 7.31. The fourth-order valence-corrected chi connectivity index (χ4v) is 3.56. The van der Waals surface area contributed by atoms with Crippen LogP contribution in [-0.2, 0) is 11.3 Å². The summed E-state index contributed by atoms with van der Waals surface area (Å²) in [7, 11) is 0. The third kappa shape index (κ3) is 4.16. The van der Waals surface area contributed by atoms with Gasteiger partial charge < -0.3 is 10.6 Å². The minimum Gasteiger partial charge on any atom is -0.349 e. The summed E-state index contributed by atoms with van der Waals surface area (Å²) in [4.78, 5) is 25.4. The molecule has 0 spiro atoms. The van der Waals surface area contributed by atoms with Crippen LogP contribution < -0.4 is 10.6 Å². The summed E-state index contributed by atoms with van der Waals surface area (Å²) >= 11 is 6.29. The Morgan fingerprint density at radius 2 is 2.15 bits per heavy atom. The van der Waals surface area contributed by atoms with Gasteiger partial charge in [0.1, 0.15) is 6.04 Å². The maximum atomic E-state index is 11.9. The lowest BCUT2D eigenvalue weighted by Gasteiger charge is -2.13. The largest absolute Gasteiger partial charge is 0.349 e. The highest BCUT2D eigenvalue weighted by Gasteiger charge is 2.16. The van der Waals surface area contributed by atoms with Crippen molar-refractivity contribution < 1.29 is 9.59 Å². The number of hydrogen-bond donors (Lipinski definition) is 2. The van der Waals surface area contributed by atoms with Gasteiger partial charge in [-0.05, 0) is 46.4 Å². The van der Waals surface area contributed by atoms with Crippen LogP contribution in [-0.4, -0.2) is 17.9 Å². The Kier molecular flexibility index (Phi) is 5.33. The van der Waals surface area contributed by atoms with Crippen molar-refractivity contribution in [3.05, 3.63) is 43.2 Å². The second-order valence-electron chi connectivity index (χ2n) is 4.10. The molecule has 2 amide bonds. The molecule has 0 aliphatic rings. The van der Waals surface area contributed by atoms with Crippen LogP contribution in [0.4, 0.5) is 0 Å². The summed E-state index contributed by atoms with van der Waals surface area (Å²) in [5.74, 6) is -0.416. The standard InChI is InChI=1S/C13H13BrN2O2S2/c1-8(16-13(18)10-3-2-6-19-10)12(17)15-7-9-4-5-11(14)20-9/h2-6,8H,7H2,1H3,(H,15,17)(H,16,18). The quantitative estimate of drug-likeness (QED) is 0.847. The molecule has 0 saturated heterocycles. The second-order valence-corrected chi connectivity index (χ2v) is 7.59. The Hall–Kier alpha value is -1.18. The summed E-state index contributed by atoms with van der Waals surface area (Å²) in [6, 6.07) is 6.86. The van der Waals surface area contributed by atoms with Gasteiger partial charge in [0.25, 0.3) is 5.91 Å². The first kappa shape index (κ1) is 15.2. The van der Waals surface area contributed by atoms with Crippen molar-refractivity contribution in [2.45, 2.75) is 19.5 Å². The van der Waals surface area contributed by atoms with Crippen LogP contribution in [0.2, 0.25) is 0 Å². The van der Waals surface area contributed by atoms with Gasteiger partial charge in [-0.1, -0.05) is 6.07 Å². The van der Waals surface area contributed by atoms with Crippen LogP contribution in [0, 0.1) is 0 Å². The molecule has 0 fully saturated rings. The predicted molar refractivity (Wildman–Crippen MR) is 85.1 cm³/mol. The Balaban J connectivity index is 1.81. The van der Waals surface area contributed by atoms with E-state index in [2.05, 4.69) is 26.6 Å². The summed E-state index contributed by atoms with van der Waals surface area (Å²) in [6.45, 7) is 2.14. The van der Waals surface area contributed by atoms with Crippen molar-refractivity contribution in [1.29, 1.82) is 0 Å². The molecule has 2 rings (SSSR count). The van der Waals surface area contributed by atoms with Crippen LogP contribution in [0.5, 0.6) is 0 Å². The van der Waals surface area contributed by atoms with Crippen molar-refractivity contribution in [2.75, 3.05) is 0 Å². The maximum absolute atomic E-state index is 11.9. The van der Waals surface area contributed by atoms with Crippen LogP contribution in [0.15, 0.2) is 33.4 Å². The van der Waals surface area contributed by atoms with Crippen molar-refractivity contribution in [2.24, 2.45) is 0 Å². The van der Waals surface area contributed by atoms with E-state index in [4.69, 9.17) is 0 Å². The van der Waals surface area contributed by atoms with Crippen LogP contribution >= 0.6 is 38.6 Å². The molecule has 0 aliphatic carbocycles. The van der Waals surface area contributed by atoms with E-state index in [1.165, 1.54) is 11.3 Å². The average molecular weight is 373 g/mol. The van der Waals surface area contributed by atoms with Gasteiger partial charge in [0.15, 0.2) is 0 Å². The van der Waals surface area contributed by atoms with Gasteiger partial charge in [0.2, 0.25) is 5.91 Å². The Morgan fingerprint density at radius 3 is 2.75 bits per heavy atom. The van der Waals surface area contributed by atoms with E-state index in [0.29, 0.717) is 11.4 Å². The zero-order valence-electron chi connectivity index (χ0n) is 10.7. The number of hydrogen-bond acceptors (Lipinski definition) is 4. The number of thiophene rings is 2. The number of amides is 2. The Bertz CT molecular complexity index is 595. The minimum atomic E-state index is -0.562. The van der Waals surface area contributed by atoms with Gasteiger partial charge in [-0.3, -0.25) is 9.59 Å². The fourth-order valence-electron chi connectivity index (χ4n) is 1.52. The fraction of sp³-hybridized carbons (Fsp3) is 0.231. The van der Waals surface area contributed by atoms with Gasteiger partial charge in [0, 0.05) is 4.88 Å². The molecule has 2 N–H and O–H groups in total. The van der Waals surface area contributed by atoms with Gasteiger partial charge >= 0.3 is 0 Å². The molecule has 0 radical (unpaired) electrons. The van der Waals surface area contributed by atoms with Gasteiger partial charge in [0.05, 0.1) is 15.2 Å². The average Bonchev–Trinajstić information content (AvgIpc) is 3.06. The SMILES string of the molecule is CC(NC(=O)c1cccs1)C(=O)NCc1ccc(Br)s1. The maximum Gasteiger partial charge on any atom is 0.261 e. The molecule has 4 nitrogen and oxygen atoms in total. The minimum absolute atomic E-state index is 0.195. The highest BCUT2D eigenvalue weighted by Crippen LogP contribution is 2.21. The summed E-state index contributed by atoms with van der Waals surface area (Å²) < 4.78 is 1.03. The molecule has 2 aromatic rings. The summed E-state index contributed by atoms with van der Waals surface area (Å²) in [5.41, 5.74) is 0. The third-order valence-corrected chi connectivity index (χ3v) is 5.04.